The van der Waals surface area contributed by atoms with Gasteiger partial charge in [0, 0.05) is 5.69 Å². The molecule has 0 radical (unpaired) electrons. The zero-order valence-electron chi connectivity index (χ0n) is 12.5. The maximum Gasteiger partial charge on any atom is 0.418 e. The molecule has 1 aliphatic heterocycles. The fourth-order valence-electron chi connectivity index (χ4n) is 2.06. The Morgan fingerprint density at radius 2 is 1.82 bits per heavy atom. The van der Waals surface area contributed by atoms with Gasteiger partial charge in [0.25, 0.3) is 5.91 Å². The molecule has 0 unspecified atom stereocenters. The van der Waals surface area contributed by atoms with Crippen LogP contribution in [0, 0.1) is 11.6 Å². The molecule has 2 N–H and O–H groups in total. The lowest BCUT2D eigenvalue weighted by molar-refractivity contribution is -0.125. The highest BCUT2D eigenvalue weighted by molar-refractivity contribution is 5.97. The van der Waals surface area contributed by atoms with Gasteiger partial charge in [-0.25, -0.2) is 18.5 Å². The number of anilines is 2. The largest absolute Gasteiger partial charge is 0.443 e. The van der Waals surface area contributed by atoms with Crippen LogP contribution in [-0.2, 0) is 9.53 Å². The molecule has 22 heavy (non-hydrogen) atoms. The molecule has 1 heterocycles. The number of halogens is 2. The lowest BCUT2D eigenvalue weighted by Gasteiger charge is -2.24. The highest BCUT2D eigenvalue weighted by atomic mass is 19.1. The van der Waals surface area contributed by atoms with Crippen molar-refractivity contribution < 1.29 is 23.1 Å². The van der Waals surface area contributed by atoms with Crippen LogP contribution in [-0.4, -0.2) is 35.7 Å². The predicted octanol–water partition coefficient (Wildman–Crippen LogP) is 2.09. The maximum absolute atomic E-state index is 13.9. The first kappa shape index (κ1) is 16.0. The number of benzene rings is 1. The van der Waals surface area contributed by atoms with Crippen LogP contribution >= 0.6 is 0 Å². The van der Waals surface area contributed by atoms with Gasteiger partial charge in [-0.2, -0.15) is 0 Å². The monoisotopic (exact) mass is 313 g/mol. The first-order valence-corrected chi connectivity index (χ1v) is 6.61. The molecule has 0 aromatic heterocycles. The topological polar surface area (TPSA) is 75.9 Å². The summed E-state index contributed by atoms with van der Waals surface area (Å²) < 4.78 is 32.9. The van der Waals surface area contributed by atoms with E-state index < -0.39 is 34.9 Å². The van der Waals surface area contributed by atoms with Crippen LogP contribution in [0.4, 0.5) is 25.0 Å². The van der Waals surface area contributed by atoms with Gasteiger partial charge in [0.05, 0.1) is 6.54 Å². The third-order valence-corrected chi connectivity index (χ3v) is 2.91. The second-order valence-electron chi connectivity index (χ2n) is 5.97. The van der Waals surface area contributed by atoms with Crippen molar-refractivity contribution in [2.75, 3.05) is 23.8 Å². The highest BCUT2D eigenvalue weighted by Gasteiger charge is 2.37. The van der Waals surface area contributed by atoms with E-state index in [0.717, 1.165) is 21.9 Å². The highest BCUT2D eigenvalue weighted by Crippen LogP contribution is 2.28. The smallest absolute Gasteiger partial charge is 0.418 e. The standard InChI is InChI=1S/C14H17F2N3O3/c1-14(2,3)22-13(21)19-7-18(6-11(19)20)12-9(15)4-8(17)5-10(12)16/h4-5H,6-7,17H2,1-3H3. The molecular formula is C14H17F2N3O3. The van der Waals surface area contributed by atoms with E-state index >= 15 is 0 Å². The molecule has 2 amide bonds. The fraction of sp³-hybridized carbons (Fsp3) is 0.429. The Morgan fingerprint density at radius 1 is 1.27 bits per heavy atom. The van der Waals surface area contributed by atoms with Crippen molar-refractivity contribution in [2.45, 2.75) is 26.4 Å². The second kappa shape index (κ2) is 5.43. The molecule has 1 saturated heterocycles. The average Bonchev–Trinajstić information content (AvgIpc) is 2.67. The number of amides is 2. The molecule has 0 spiro atoms. The number of carbonyl (C=O) groups excluding carboxylic acids is 2. The molecule has 1 aromatic rings. The Kier molecular flexibility index (Phi) is 3.95. The van der Waals surface area contributed by atoms with E-state index in [-0.39, 0.29) is 18.9 Å². The summed E-state index contributed by atoms with van der Waals surface area (Å²) >= 11 is 0. The maximum atomic E-state index is 13.9. The van der Waals surface area contributed by atoms with Gasteiger partial charge >= 0.3 is 6.09 Å². The average molecular weight is 313 g/mol. The summed E-state index contributed by atoms with van der Waals surface area (Å²) in [5.41, 5.74) is 4.12. The molecule has 1 fully saturated rings. The summed E-state index contributed by atoms with van der Waals surface area (Å²) in [4.78, 5) is 25.7. The quantitative estimate of drug-likeness (QED) is 0.803. The first-order valence-electron chi connectivity index (χ1n) is 6.61. The lowest BCUT2D eigenvalue weighted by Crippen LogP contribution is -2.38. The van der Waals surface area contributed by atoms with Crippen LogP contribution in [0.15, 0.2) is 12.1 Å². The number of rotatable bonds is 1. The van der Waals surface area contributed by atoms with E-state index in [1.54, 1.807) is 20.8 Å². The number of nitrogen functional groups attached to an aromatic ring is 1. The zero-order chi connectivity index (χ0) is 16.7. The van der Waals surface area contributed by atoms with Crippen molar-refractivity contribution in [1.82, 2.24) is 4.90 Å². The van der Waals surface area contributed by atoms with Crippen LogP contribution in [0.25, 0.3) is 0 Å². The van der Waals surface area contributed by atoms with E-state index in [0.29, 0.717) is 0 Å². The predicted molar refractivity (Wildman–Crippen MR) is 76.1 cm³/mol. The van der Waals surface area contributed by atoms with E-state index in [4.69, 9.17) is 10.5 Å². The van der Waals surface area contributed by atoms with E-state index in [2.05, 4.69) is 0 Å². The van der Waals surface area contributed by atoms with Crippen molar-refractivity contribution in [2.24, 2.45) is 0 Å². The lowest BCUT2D eigenvalue weighted by atomic mass is 10.2. The molecule has 6 nitrogen and oxygen atoms in total. The number of carbonyl (C=O) groups is 2. The Bertz CT molecular complexity index is 605. The van der Waals surface area contributed by atoms with Crippen LogP contribution in [0.3, 0.4) is 0 Å². The molecular weight excluding hydrogens is 296 g/mol. The normalized spacial score (nSPS) is 15.4. The summed E-state index contributed by atoms with van der Waals surface area (Å²) in [6.45, 7) is 4.36. The number of imide groups is 1. The molecule has 0 saturated carbocycles. The first-order chi connectivity index (χ1) is 10.1. The minimum atomic E-state index is -0.892. The van der Waals surface area contributed by atoms with Gasteiger partial charge in [0.15, 0.2) is 11.6 Å². The minimum Gasteiger partial charge on any atom is -0.443 e. The molecule has 1 aliphatic rings. The minimum absolute atomic E-state index is 0.0618. The van der Waals surface area contributed by atoms with Gasteiger partial charge in [-0.05, 0) is 32.9 Å². The Balaban J connectivity index is 2.21. The van der Waals surface area contributed by atoms with Crippen LogP contribution in [0.1, 0.15) is 20.8 Å². The van der Waals surface area contributed by atoms with E-state index in [1.165, 1.54) is 0 Å². The molecule has 8 heteroatoms. The Morgan fingerprint density at radius 3 is 2.32 bits per heavy atom. The number of hydrogen-bond donors (Lipinski definition) is 1. The molecule has 0 atom stereocenters. The number of nitrogens with two attached hydrogens (primary N) is 1. The summed E-state index contributed by atoms with van der Waals surface area (Å²) in [5, 5.41) is 0. The van der Waals surface area contributed by atoms with Gasteiger partial charge in [0.1, 0.15) is 18.0 Å². The fourth-order valence-corrected chi connectivity index (χ4v) is 2.06. The van der Waals surface area contributed by atoms with Gasteiger partial charge < -0.3 is 15.4 Å². The molecule has 0 aliphatic carbocycles. The summed E-state index contributed by atoms with van der Waals surface area (Å²) in [6.07, 6.45) is -0.851. The van der Waals surface area contributed by atoms with Crippen molar-refractivity contribution in [1.29, 1.82) is 0 Å². The van der Waals surface area contributed by atoms with Crippen LogP contribution in [0.2, 0.25) is 0 Å². The van der Waals surface area contributed by atoms with Gasteiger partial charge in [0.2, 0.25) is 0 Å². The summed E-state index contributed by atoms with van der Waals surface area (Å²) in [5.74, 6) is -2.38. The van der Waals surface area contributed by atoms with E-state index in [1.807, 2.05) is 0 Å². The van der Waals surface area contributed by atoms with Gasteiger partial charge in [-0.1, -0.05) is 0 Å². The number of nitrogens with zero attached hydrogens (tertiary/aromatic N) is 2. The third kappa shape index (κ3) is 3.26. The van der Waals surface area contributed by atoms with Gasteiger partial charge in [-0.15, -0.1) is 0 Å². The van der Waals surface area contributed by atoms with Crippen molar-refractivity contribution in [3.05, 3.63) is 23.8 Å². The Labute approximate surface area is 126 Å². The molecule has 1 aromatic carbocycles. The van der Waals surface area contributed by atoms with Crippen molar-refractivity contribution in [3.8, 4) is 0 Å². The number of hydrogen-bond acceptors (Lipinski definition) is 5. The third-order valence-electron chi connectivity index (χ3n) is 2.91. The van der Waals surface area contributed by atoms with Crippen LogP contribution in [0.5, 0.6) is 0 Å². The van der Waals surface area contributed by atoms with E-state index in [9.17, 15) is 18.4 Å². The zero-order valence-corrected chi connectivity index (χ0v) is 12.5. The molecule has 0 bridgehead atoms. The van der Waals surface area contributed by atoms with Crippen LogP contribution < -0.4 is 10.6 Å². The summed E-state index contributed by atoms with van der Waals surface area (Å²) in [7, 11) is 0. The number of ether oxygens (including phenoxy) is 1. The van der Waals surface area contributed by atoms with Crippen molar-refractivity contribution >= 4 is 23.4 Å². The van der Waals surface area contributed by atoms with Gasteiger partial charge in [-0.3, -0.25) is 4.79 Å². The van der Waals surface area contributed by atoms with Crippen molar-refractivity contribution in [3.63, 3.8) is 0 Å². The second-order valence-corrected chi connectivity index (χ2v) is 5.97. The Hall–Kier alpha value is -2.38. The molecule has 2 rings (SSSR count). The summed E-state index contributed by atoms with van der Waals surface area (Å²) in [6, 6.07) is 1.91. The SMILES string of the molecule is CC(C)(C)OC(=O)N1CN(c2c(F)cc(N)cc2F)CC1=O. The molecule has 120 valence electrons.